The number of aliphatic carboxylic acids is 1. The van der Waals surface area contributed by atoms with E-state index < -0.39 is 12.6 Å². The van der Waals surface area contributed by atoms with Gasteiger partial charge in [0.15, 0.2) is 23.5 Å². The van der Waals surface area contributed by atoms with Crippen molar-refractivity contribution in [1.82, 2.24) is 4.98 Å². The monoisotopic (exact) mass is 314 g/mol. The zero-order valence-corrected chi connectivity index (χ0v) is 12.3. The Labute approximate surface area is 131 Å². The first-order valence-electron chi connectivity index (χ1n) is 6.81. The molecule has 3 aromatic rings. The molecule has 0 aliphatic heterocycles. The van der Waals surface area contributed by atoms with Crippen molar-refractivity contribution in [2.45, 2.75) is 0 Å². The number of nitrogens with zero attached hydrogens (tertiary/aromatic N) is 1. The maximum atomic E-state index is 10.6. The number of carboxylic acids is 1. The van der Waals surface area contributed by atoms with Crippen LogP contribution in [0.5, 0.6) is 11.5 Å². The summed E-state index contributed by atoms with van der Waals surface area (Å²) in [5, 5.41) is 11.7. The molecule has 0 saturated carbocycles. The lowest BCUT2D eigenvalue weighted by atomic mass is 10.3. The molecule has 0 fully saturated rings. The minimum atomic E-state index is -1.06. The Bertz CT molecular complexity index is 829. The van der Waals surface area contributed by atoms with Crippen molar-refractivity contribution >= 4 is 28.8 Å². The summed E-state index contributed by atoms with van der Waals surface area (Å²) < 4.78 is 16.1. The number of aromatic nitrogens is 1. The maximum absolute atomic E-state index is 10.6. The fraction of sp³-hybridized carbons (Fsp3) is 0.125. The number of methoxy groups -OCH3 is 1. The van der Waals surface area contributed by atoms with Crippen molar-refractivity contribution in [3.8, 4) is 11.5 Å². The number of ether oxygens (including phenoxy) is 2. The highest BCUT2D eigenvalue weighted by Crippen LogP contribution is 2.33. The van der Waals surface area contributed by atoms with Crippen LogP contribution in [-0.4, -0.2) is 29.8 Å². The van der Waals surface area contributed by atoms with Gasteiger partial charge < -0.3 is 24.3 Å². The Morgan fingerprint density at radius 3 is 2.78 bits per heavy atom. The van der Waals surface area contributed by atoms with Crippen molar-refractivity contribution in [2.24, 2.45) is 0 Å². The number of hydrogen-bond donors (Lipinski definition) is 2. The van der Waals surface area contributed by atoms with Crippen molar-refractivity contribution in [3.05, 3.63) is 42.5 Å². The number of nitrogens with one attached hydrogen (secondary N) is 1. The standard InChI is InChI=1S/C16H14N2O5/c1-21-12-7-11(22-9-14(19)20)8-13-15(12)18-16(23-13)17-10-5-3-2-4-6-10/h2-8H,9H2,1H3,(H,17,18)(H,19,20). The van der Waals surface area contributed by atoms with E-state index in [1.807, 2.05) is 30.3 Å². The SMILES string of the molecule is COc1cc(OCC(=O)O)cc2oc(Nc3ccccc3)nc12. The van der Waals surface area contributed by atoms with Gasteiger partial charge in [-0.25, -0.2) is 4.79 Å². The average molecular weight is 314 g/mol. The lowest BCUT2D eigenvalue weighted by Crippen LogP contribution is -2.09. The van der Waals surface area contributed by atoms with Crippen LogP contribution in [0.3, 0.4) is 0 Å². The van der Waals surface area contributed by atoms with Crippen LogP contribution in [0.4, 0.5) is 11.7 Å². The number of rotatable bonds is 6. The zero-order valence-electron chi connectivity index (χ0n) is 12.3. The van der Waals surface area contributed by atoms with Gasteiger partial charge in [-0.05, 0) is 12.1 Å². The summed E-state index contributed by atoms with van der Waals surface area (Å²) in [6, 6.07) is 12.9. The predicted molar refractivity (Wildman–Crippen MR) is 83.4 cm³/mol. The average Bonchev–Trinajstić information content (AvgIpc) is 2.95. The summed E-state index contributed by atoms with van der Waals surface area (Å²) in [7, 11) is 1.49. The zero-order chi connectivity index (χ0) is 16.2. The van der Waals surface area contributed by atoms with Crippen LogP contribution in [0.25, 0.3) is 11.1 Å². The molecule has 1 aromatic heterocycles. The van der Waals surface area contributed by atoms with Crippen LogP contribution in [0.1, 0.15) is 0 Å². The second-order valence-corrected chi connectivity index (χ2v) is 4.66. The van der Waals surface area contributed by atoms with Crippen LogP contribution in [0, 0.1) is 0 Å². The molecule has 7 heteroatoms. The number of anilines is 2. The van der Waals surface area contributed by atoms with Gasteiger partial charge in [0.05, 0.1) is 7.11 Å². The summed E-state index contributed by atoms with van der Waals surface area (Å²) in [6.07, 6.45) is 0. The van der Waals surface area contributed by atoms with E-state index in [0.29, 0.717) is 28.6 Å². The highest BCUT2D eigenvalue weighted by atomic mass is 16.5. The Morgan fingerprint density at radius 1 is 1.30 bits per heavy atom. The third-order valence-electron chi connectivity index (χ3n) is 3.04. The minimum absolute atomic E-state index is 0.305. The smallest absolute Gasteiger partial charge is 0.341 e. The van der Waals surface area contributed by atoms with Crippen LogP contribution in [0.15, 0.2) is 46.9 Å². The van der Waals surface area contributed by atoms with Crippen LogP contribution in [0.2, 0.25) is 0 Å². The number of benzene rings is 2. The second kappa shape index (κ2) is 6.27. The van der Waals surface area contributed by atoms with Gasteiger partial charge in [-0.3, -0.25) is 0 Å². The van der Waals surface area contributed by atoms with Crippen LogP contribution < -0.4 is 14.8 Å². The summed E-state index contributed by atoms with van der Waals surface area (Å²) >= 11 is 0. The molecule has 2 aromatic carbocycles. The molecule has 0 bridgehead atoms. The Balaban J connectivity index is 1.92. The highest BCUT2D eigenvalue weighted by Gasteiger charge is 2.14. The van der Waals surface area contributed by atoms with E-state index in [2.05, 4.69) is 10.3 Å². The molecule has 118 valence electrons. The molecule has 7 nitrogen and oxygen atoms in total. The van der Waals surface area contributed by atoms with Gasteiger partial charge in [-0.1, -0.05) is 18.2 Å². The quantitative estimate of drug-likeness (QED) is 0.722. The largest absolute Gasteiger partial charge is 0.494 e. The third kappa shape index (κ3) is 3.34. The number of fused-ring (bicyclic) bond motifs is 1. The van der Waals surface area contributed by atoms with E-state index in [1.165, 1.54) is 7.11 Å². The fourth-order valence-electron chi connectivity index (χ4n) is 2.06. The number of carbonyl (C=O) groups is 1. The normalized spacial score (nSPS) is 10.5. The summed E-state index contributed by atoms with van der Waals surface area (Å²) in [5.74, 6) is -0.292. The number of oxazole rings is 1. The molecule has 0 amide bonds. The Morgan fingerprint density at radius 2 is 2.09 bits per heavy atom. The first-order valence-corrected chi connectivity index (χ1v) is 6.81. The highest BCUT2D eigenvalue weighted by molar-refractivity contribution is 5.83. The third-order valence-corrected chi connectivity index (χ3v) is 3.04. The molecular weight excluding hydrogens is 300 g/mol. The minimum Gasteiger partial charge on any atom is -0.494 e. The topological polar surface area (TPSA) is 93.8 Å². The van der Waals surface area contributed by atoms with E-state index in [1.54, 1.807) is 12.1 Å². The Kier molecular flexibility index (Phi) is 4.01. The lowest BCUT2D eigenvalue weighted by Gasteiger charge is -2.05. The number of carboxylic acid groups (broad SMARTS) is 1. The first kappa shape index (κ1) is 14.7. The second-order valence-electron chi connectivity index (χ2n) is 4.66. The van der Waals surface area contributed by atoms with Gasteiger partial charge in [0.2, 0.25) is 0 Å². The lowest BCUT2D eigenvalue weighted by molar-refractivity contribution is -0.139. The van der Waals surface area contributed by atoms with Gasteiger partial charge in [0, 0.05) is 17.8 Å². The molecule has 0 spiro atoms. The molecular formula is C16H14N2O5. The summed E-state index contributed by atoms with van der Waals surface area (Å²) in [5.41, 5.74) is 1.79. The predicted octanol–water partition coefficient (Wildman–Crippen LogP) is 3.04. The van der Waals surface area contributed by atoms with Gasteiger partial charge >= 0.3 is 5.97 Å². The molecule has 2 N–H and O–H groups in total. The van der Waals surface area contributed by atoms with E-state index in [-0.39, 0.29) is 0 Å². The van der Waals surface area contributed by atoms with Crippen molar-refractivity contribution in [1.29, 1.82) is 0 Å². The molecule has 1 heterocycles. The van der Waals surface area contributed by atoms with Gasteiger partial charge in [0.25, 0.3) is 6.01 Å². The van der Waals surface area contributed by atoms with Crippen molar-refractivity contribution < 1.29 is 23.8 Å². The Hall–Kier alpha value is -3.22. The molecule has 3 rings (SSSR count). The first-order chi connectivity index (χ1) is 11.2. The molecule has 23 heavy (non-hydrogen) atoms. The van der Waals surface area contributed by atoms with Gasteiger partial charge in [-0.2, -0.15) is 4.98 Å². The van der Waals surface area contributed by atoms with E-state index in [0.717, 1.165) is 5.69 Å². The molecule has 0 aliphatic carbocycles. The van der Waals surface area contributed by atoms with Crippen molar-refractivity contribution in [2.75, 3.05) is 19.0 Å². The van der Waals surface area contributed by atoms with Crippen LogP contribution in [-0.2, 0) is 4.79 Å². The summed E-state index contributed by atoms with van der Waals surface area (Å²) in [6.45, 7) is -0.447. The van der Waals surface area contributed by atoms with E-state index in [9.17, 15) is 4.79 Å². The maximum Gasteiger partial charge on any atom is 0.341 e. The fourth-order valence-corrected chi connectivity index (χ4v) is 2.06. The number of hydrogen-bond acceptors (Lipinski definition) is 6. The number of para-hydroxylation sites is 1. The molecule has 0 radical (unpaired) electrons. The van der Waals surface area contributed by atoms with Crippen molar-refractivity contribution in [3.63, 3.8) is 0 Å². The summed E-state index contributed by atoms with van der Waals surface area (Å²) in [4.78, 5) is 14.9. The molecule has 0 atom stereocenters. The van der Waals surface area contributed by atoms with E-state index >= 15 is 0 Å². The van der Waals surface area contributed by atoms with Gasteiger partial charge in [0.1, 0.15) is 5.75 Å². The van der Waals surface area contributed by atoms with E-state index in [4.69, 9.17) is 19.0 Å². The van der Waals surface area contributed by atoms with Crippen LogP contribution >= 0.6 is 0 Å². The molecule has 0 aliphatic rings. The van der Waals surface area contributed by atoms with Gasteiger partial charge in [-0.15, -0.1) is 0 Å². The molecule has 0 saturated heterocycles. The molecule has 0 unspecified atom stereocenters.